The quantitative estimate of drug-likeness (QED) is 0.496. The zero-order valence-electron chi connectivity index (χ0n) is 13.6. The van der Waals surface area contributed by atoms with Crippen LogP contribution in [0.3, 0.4) is 0 Å². The highest BCUT2D eigenvalue weighted by molar-refractivity contribution is 8.27. The van der Waals surface area contributed by atoms with Crippen molar-refractivity contribution < 1.29 is 9.53 Å². The molecule has 6 heteroatoms. The Kier molecular flexibility index (Phi) is 5.78. The molecule has 1 saturated heterocycles. The first-order valence-corrected chi connectivity index (χ1v) is 9.45. The molecule has 0 unspecified atom stereocenters. The third-order valence-corrected chi connectivity index (χ3v) is 5.08. The van der Waals surface area contributed by atoms with Crippen molar-refractivity contribution in [3.8, 4) is 5.75 Å². The molecule has 0 radical (unpaired) electrons. The highest BCUT2D eigenvalue weighted by atomic mass is 35.5. The summed E-state index contributed by atoms with van der Waals surface area (Å²) in [5.74, 6) is 0.705. The SMILES string of the molecule is CCCOc1ccc(/C=C2\SC(=S)N(c3ccc(Cl)cc3)C2=O)cc1. The van der Waals surface area contributed by atoms with Crippen molar-refractivity contribution in [1.82, 2.24) is 0 Å². The molecule has 0 aromatic heterocycles. The molecule has 3 nitrogen and oxygen atoms in total. The number of benzene rings is 2. The van der Waals surface area contributed by atoms with Crippen LogP contribution in [-0.2, 0) is 4.79 Å². The maximum Gasteiger partial charge on any atom is 0.270 e. The summed E-state index contributed by atoms with van der Waals surface area (Å²) in [4.78, 5) is 14.8. The van der Waals surface area contributed by atoms with E-state index < -0.39 is 0 Å². The van der Waals surface area contributed by atoms with Gasteiger partial charge in [0.05, 0.1) is 17.2 Å². The van der Waals surface area contributed by atoms with Crippen molar-refractivity contribution in [3.05, 3.63) is 64.0 Å². The fourth-order valence-electron chi connectivity index (χ4n) is 2.31. The van der Waals surface area contributed by atoms with E-state index >= 15 is 0 Å². The number of rotatable bonds is 5. The summed E-state index contributed by atoms with van der Waals surface area (Å²) in [6, 6.07) is 14.7. The number of hydrogen-bond acceptors (Lipinski definition) is 4. The molecule has 0 bridgehead atoms. The highest BCUT2D eigenvalue weighted by Gasteiger charge is 2.33. The third-order valence-electron chi connectivity index (χ3n) is 3.53. The van der Waals surface area contributed by atoms with Crippen molar-refractivity contribution >= 4 is 57.6 Å². The molecule has 1 aliphatic rings. The van der Waals surface area contributed by atoms with Gasteiger partial charge in [0.15, 0.2) is 4.32 Å². The fraction of sp³-hybridized carbons (Fsp3) is 0.158. The smallest absolute Gasteiger partial charge is 0.270 e. The number of nitrogens with zero attached hydrogens (tertiary/aromatic N) is 1. The van der Waals surface area contributed by atoms with E-state index in [0.717, 1.165) is 23.4 Å². The van der Waals surface area contributed by atoms with Crippen molar-refractivity contribution in [3.63, 3.8) is 0 Å². The van der Waals surface area contributed by atoms with Crippen LogP contribution in [0.2, 0.25) is 5.02 Å². The first kappa shape index (κ1) is 18.0. The van der Waals surface area contributed by atoms with Gasteiger partial charge in [0.25, 0.3) is 5.91 Å². The fourth-order valence-corrected chi connectivity index (χ4v) is 3.74. The van der Waals surface area contributed by atoms with E-state index in [1.54, 1.807) is 24.3 Å². The lowest BCUT2D eigenvalue weighted by Gasteiger charge is -2.14. The second-order valence-electron chi connectivity index (χ2n) is 5.41. The van der Waals surface area contributed by atoms with E-state index in [4.69, 9.17) is 28.6 Å². The molecule has 2 aromatic rings. The maximum absolute atomic E-state index is 12.7. The Hall–Kier alpha value is -1.82. The molecule has 1 fully saturated rings. The number of hydrogen-bond donors (Lipinski definition) is 0. The van der Waals surface area contributed by atoms with Gasteiger partial charge in [-0.05, 0) is 54.5 Å². The molecule has 3 rings (SSSR count). The summed E-state index contributed by atoms with van der Waals surface area (Å²) in [6.45, 7) is 2.76. The lowest BCUT2D eigenvalue weighted by molar-refractivity contribution is -0.113. The number of ether oxygens (including phenoxy) is 1. The lowest BCUT2D eigenvalue weighted by atomic mass is 10.2. The van der Waals surface area contributed by atoms with E-state index in [2.05, 4.69) is 6.92 Å². The van der Waals surface area contributed by atoms with E-state index in [9.17, 15) is 4.79 Å². The van der Waals surface area contributed by atoms with E-state index in [1.807, 2.05) is 30.3 Å². The monoisotopic (exact) mass is 389 g/mol. The highest BCUT2D eigenvalue weighted by Crippen LogP contribution is 2.36. The minimum atomic E-state index is -0.122. The summed E-state index contributed by atoms with van der Waals surface area (Å²) in [7, 11) is 0. The van der Waals surface area contributed by atoms with Gasteiger partial charge in [-0.15, -0.1) is 0 Å². The summed E-state index contributed by atoms with van der Waals surface area (Å²) in [5.41, 5.74) is 1.65. The van der Waals surface area contributed by atoms with Crippen LogP contribution >= 0.6 is 35.6 Å². The molecular weight excluding hydrogens is 374 g/mol. The van der Waals surface area contributed by atoms with Crippen LogP contribution in [0.1, 0.15) is 18.9 Å². The van der Waals surface area contributed by atoms with Crippen molar-refractivity contribution in [1.29, 1.82) is 0 Å². The Morgan fingerprint density at radius 3 is 2.48 bits per heavy atom. The number of halogens is 1. The van der Waals surface area contributed by atoms with Gasteiger partial charge in [0.1, 0.15) is 5.75 Å². The third kappa shape index (κ3) is 4.24. The average molecular weight is 390 g/mol. The van der Waals surface area contributed by atoms with Crippen LogP contribution in [-0.4, -0.2) is 16.8 Å². The zero-order valence-corrected chi connectivity index (χ0v) is 16.0. The van der Waals surface area contributed by atoms with Crippen LogP contribution < -0.4 is 9.64 Å². The minimum absolute atomic E-state index is 0.122. The Balaban J connectivity index is 1.79. The number of carbonyl (C=O) groups excluding carboxylic acids is 1. The number of carbonyl (C=O) groups is 1. The van der Waals surface area contributed by atoms with Crippen LogP contribution in [0.5, 0.6) is 5.75 Å². The van der Waals surface area contributed by atoms with Gasteiger partial charge in [0, 0.05) is 5.02 Å². The first-order valence-electron chi connectivity index (χ1n) is 7.85. The predicted molar refractivity (Wildman–Crippen MR) is 109 cm³/mol. The Bertz CT molecular complexity index is 816. The number of anilines is 1. The minimum Gasteiger partial charge on any atom is -0.494 e. The molecule has 25 heavy (non-hydrogen) atoms. The van der Waals surface area contributed by atoms with Crippen molar-refractivity contribution in [2.24, 2.45) is 0 Å². The van der Waals surface area contributed by atoms with Gasteiger partial charge in [-0.1, -0.05) is 54.6 Å². The van der Waals surface area contributed by atoms with Gasteiger partial charge in [0.2, 0.25) is 0 Å². The Morgan fingerprint density at radius 1 is 1.16 bits per heavy atom. The van der Waals surface area contributed by atoms with Gasteiger partial charge < -0.3 is 4.74 Å². The second kappa shape index (κ2) is 8.04. The van der Waals surface area contributed by atoms with E-state index in [0.29, 0.717) is 20.9 Å². The lowest BCUT2D eigenvalue weighted by Crippen LogP contribution is -2.27. The summed E-state index contributed by atoms with van der Waals surface area (Å²) >= 11 is 12.6. The summed E-state index contributed by atoms with van der Waals surface area (Å²) in [5, 5.41) is 0.620. The van der Waals surface area contributed by atoms with Crippen LogP contribution in [0, 0.1) is 0 Å². The average Bonchev–Trinajstić information content (AvgIpc) is 2.89. The maximum atomic E-state index is 12.7. The molecule has 0 saturated carbocycles. The molecule has 128 valence electrons. The molecule has 2 aromatic carbocycles. The van der Waals surface area contributed by atoms with Gasteiger partial charge in [-0.2, -0.15) is 0 Å². The summed E-state index contributed by atoms with van der Waals surface area (Å²) < 4.78 is 6.09. The van der Waals surface area contributed by atoms with E-state index in [1.165, 1.54) is 16.7 Å². The standard InChI is InChI=1S/C19H16ClNO2S2/c1-2-11-23-16-9-3-13(4-10-16)12-17-18(22)21(19(24)25-17)15-7-5-14(20)6-8-15/h3-10,12H,2,11H2,1H3/b17-12-. The van der Waals surface area contributed by atoms with Crippen LogP contribution in [0.15, 0.2) is 53.4 Å². The Labute approximate surface area is 161 Å². The zero-order chi connectivity index (χ0) is 17.8. The molecule has 0 atom stereocenters. The van der Waals surface area contributed by atoms with Gasteiger partial charge in [-0.25, -0.2) is 0 Å². The molecule has 1 aliphatic heterocycles. The van der Waals surface area contributed by atoms with Crippen LogP contribution in [0.4, 0.5) is 5.69 Å². The molecule has 0 aliphatic carbocycles. The van der Waals surface area contributed by atoms with Crippen molar-refractivity contribution in [2.45, 2.75) is 13.3 Å². The molecule has 1 amide bonds. The second-order valence-corrected chi connectivity index (χ2v) is 7.52. The topological polar surface area (TPSA) is 29.5 Å². The predicted octanol–water partition coefficient (Wildman–Crippen LogP) is 5.53. The molecular formula is C19H16ClNO2S2. The number of thiocarbonyl (C=S) groups is 1. The van der Waals surface area contributed by atoms with Gasteiger partial charge in [-0.3, -0.25) is 9.69 Å². The molecule has 0 spiro atoms. The number of thioether (sulfide) groups is 1. The van der Waals surface area contributed by atoms with E-state index in [-0.39, 0.29) is 5.91 Å². The van der Waals surface area contributed by atoms with Gasteiger partial charge >= 0.3 is 0 Å². The molecule has 0 N–H and O–H groups in total. The number of amides is 1. The normalized spacial score (nSPS) is 15.9. The Morgan fingerprint density at radius 2 is 1.84 bits per heavy atom. The molecule has 1 heterocycles. The first-order chi connectivity index (χ1) is 12.1. The summed E-state index contributed by atoms with van der Waals surface area (Å²) in [6.07, 6.45) is 2.81. The van der Waals surface area contributed by atoms with Crippen LogP contribution in [0.25, 0.3) is 6.08 Å². The van der Waals surface area contributed by atoms with Crippen molar-refractivity contribution in [2.75, 3.05) is 11.5 Å². The largest absolute Gasteiger partial charge is 0.494 e.